The van der Waals surface area contributed by atoms with Crippen LogP contribution in [-0.4, -0.2) is 78.4 Å². The number of nitrogens with one attached hydrogen (secondary N) is 1. The number of carboxylic acid groups (broad SMARTS) is 1. The van der Waals surface area contributed by atoms with E-state index in [0.29, 0.717) is 13.1 Å². The third-order valence-corrected chi connectivity index (χ3v) is 3.83. The molecule has 7 nitrogen and oxygen atoms in total. The molecule has 0 radical (unpaired) electrons. The molecule has 1 aliphatic heterocycles. The number of rotatable bonds is 7. The van der Waals surface area contributed by atoms with Gasteiger partial charge in [0, 0.05) is 13.1 Å². The second-order valence-electron chi connectivity index (χ2n) is 7.01. The molecular weight excluding hydrogens is 286 g/mol. The molecule has 0 saturated carbocycles. The minimum absolute atomic E-state index is 0.0301. The molecule has 0 aromatic rings. The second kappa shape index (κ2) is 7.28. The van der Waals surface area contributed by atoms with Gasteiger partial charge in [-0.1, -0.05) is 0 Å². The van der Waals surface area contributed by atoms with Crippen LogP contribution >= 0.6 is 0 Å². The van der Waals surface area contributed by atoms with Gasteiger partial charge in [0.1, 0.15) is 5.60 Å². The zero-order chi connectivity index (χ0) is 17.0. The molecule has 0 aromatic heterocycles. The van der Waals surface area contributed by atoms with Crippen molar-refractivity contribution < 1.29 is 19.4 Å². The Labute approximate surface area is 132 Å². The molecule has 0 atom stereocenters. The number of likely N-dealkylation sites (tertiary alicyclic amines) is 1. The van der Waals surface area contributed by atoms with Crippen LogP contribution in [0.15, 0.2) is 0 Å². The highest BCUT2D eigenvalue weighted by atomic mass is 16.6. The Morgan fingerprint density at radius 3 is 2.41 bits per heavy atom. The molecule has 7 heteroatoms. The average Bonchev–Trinajstić information content (AvgIpc) is 2.30. The zero-order valence-corrected chi connectivity index (χ0v) is 14.3. The summed E-state index contributed by atoms with van der Waals surface area (Å²) in [7, 11) is 3.81. The molecule has 1 rings (SSSR count). The van der Waals surface area contributed by atoms with E-state index in [1.54, 1.807) is 4.90 Å². The lowest BCUT2D eigenvalue weighted by molar-refractivity contribution is -0.145. The summed E-state index contributed by atoms with van der Waals surface area (Å²) in [6.45, 7) is 7.91. The first kappa shape index (κ1) is 18.7. The normalized spacial score (nSPS) is 17.3. The van der Waals surface area contributed by atoms with Gasteiger partial charge < -0.3 is 20.1 Å². The van der Waals surface area contributed by atoms with Crippen molar-refractivity contribution in [3.05, 3.63) is 0 Å². The summed E-state index contributed by atoms with van der Waals surface area (Å²) < 4.78 is 5.33. The van der Waals surface area contributed by atoms with Crippen LogP contribution in [-0.2, 0) is 9.53 Å². The van der Waals surface area contributed by atoms with E-state index in [-0.39, 0.29) is 12.5 Å². The van der Waals surface area contributed by atoms with Crippen molar-refractivity contribution in [2.45, 2.75) is 44.8 Å². The third-order valence-electron chi connectivity index (χ3n) is 3.83. The first-order valence-corrected chi connectivity index (χ1v) is 7.65. The largest absolute Gasteiger partial charge is 0.481 e. The molecule has 0 unspecified atom stereocenters. The van der Waals surface area contributed by atoms with Gasteiger partial charge in [-0.15, -0.1) is 0 Å². The summed E-state index contributed by atoms with van der Waals surface area (Å²) >= 11 is 0. The predicted octanol–water partition coefficient (Wildman–Crippen LogP) is 0.992. The third kappa shape index (κ3) is 5.14. The highest BCUT2D eigenvalue weighted by Crippen LogP contribution is 2.31. The monoisotopic (exact) mass is 315 g/mol. The molecular formula is C15H29N3O4. The molecule has 1 fully saturated rings. The van der Waals surface area contributed by atoms with Crippen molar-refractivity contribution in [1.82, 2.24) is 15.1 Å². The van der Waals surface area contributed by atoms with Gasteiger partial charge in [0.2, 0.25) is 0 Å². The Kier molecular flexibility index (Phi) is 6.19. The number of nitrogens with zero attached hydrogens (tertiary/aromatic N) is 2. The summed E-state index contributed by atoms with van der Waals surface area (Å²) in [4.78, 5) is 26.8. The van der Waals surface area contributed by atoms with E-state index in [1.807, 2.05) is 34.9 Å². The SMILES string of the molecule is CNCCCN(C)C1(CC(=O)O)CN(C(=O)OC(C)(C)C)C1. The average molecular weight is 315 g/mol. The number of likely N-dealkylation sites (N-methyl/N-ethyl adjacent to an activating group) is 1. The van der Waals surface area contributed by atoms with Crippen LogP contribution in [0.2, 0.25) is 0 Å². The predicted molar refractivity (Wildman–Crippen MR) is 84.0 cm³/mol. The van der Waals surface area contributed by atoms with Crippen LogP contribution in [0.4, 0.5) is 4.79 Å². The molecule has 1 aliphatic rings. The van der Waals surface area contributed by atoms with Crippen LogP contribution in [0.5, 0.6) is 0 Å². The molecule has 0 aliphatic carbocycles. The van der Waals surface area contributed by atoms with Crippen LogP contribution in [0.3, 0.4) is 0 Å². The van der Waals surface area contributed by atoms with Crippen LogP contribution in [0.25, 0.3) is 0 Å². The molecule has 0 aromatic carbocycles. The lowest BCUT2D eigenvalue weighted by Gasteiger charge is -2.54. The molecule has 1 heterocycles. The number of carboxylic acids is 1. The van der Waals surface area contributed by atoms with E-state index in [2.05, 4.69) is 10.2 Å². The van der Waals surface area contributed by atoms with Crippen molar-refractivity contribution in [2.75, 3.05) is 40.3 Å². The summed E-state index contributed by atoms with van der Waals surface area (Å²) in [5.74, 6) is -0.843. The molecule has 1 amide bonds. The summed E-state index contributed by atoms with van der Waals surface area (Å²) in [5.41, 5.74) is -1.03. The Balaban J connectivity index is 2.62. The van der Waals surface area contributed by atoms with E-state index in [1.165, 1.54) is 0 Å². The second-order valence-corrected chi connectivity index (χ2v) is 7.01. The van der Waals surface area contributed by atoms with Crippen molar-refractivity contribution in [3.63, 3.8) is 0 Å². The van der Waals surface area contributed by atoms with E-state index in [0.717, 1.165) is 19.5 Å². The zero-order valence-electron chi connectivity index (χ0n) is 14.3. The standard InChI is InChI=1S/C15H29N3O4/c1-14(2,3)22-13(21)18-10-15(11-18,9-12(19)20)17(5)8-6-7-16-4/h16H,6-11H2,1-5H3,(H,19,20). The number of carbonyl (C=O) groups excluding carboxylic acids is 1. The first-order chi connectivity index (χ1) is 10.1. The fourth-order valence-electron chi connectivity index (χ4n) is 2.62. The van der Waals surface area contributed by atoms with Crippen LogP contribution in [0.1, 0.15) is 33.6 Å². The highest BCUT2D eigenvalue weighted by molar-refractivity contribution is 5.73. The van der Waals surface area contributed by atoms with E-state index < -0.39 is 17.1 Å². The lowest BCUT2D eigenvalue weighted by Crippen LogP contribution is -2.71. The number of carbonyl (C=O) groups is 2. The minimum Gasteiger partial charge on any atom is -0.481 e. The van der Waals surface area contributed by atoms with Gasteiger partial charge in [0.05, 0.1) is 12.0 Å². The number of aliphatic carboxylic acids is 1. The molecule has 22 heavy (non-hydrogen) atoms. The molecule has 2 N–H and O–H groups in total. The molecule has 0 bridgehead atoms. The maximum Gasteiger partial charge on any atom is 0.410 e. The van der Waals surface area contributed by atoms with E-state index in [9.17, 15) is 14.7 Å². The van der Waals surface area contributed by atoms with Crippen molar-refractivity contribution in [3.8, 4) is 0 Å². The lowest BCUT2D eigenvalue weighted by atomic mass is 9.84. The minimum atomic E-state index is -0.843. The number of hydrogen-bond acceptors (Lipinski definition) is 5. The Hall–Kier alpha value is -1.34. The quantitative estimate of drug-likeness (QED) is 0.682. The van der Waals surface area contributed by atoms with Gasteiger partial charge in [-0.3, -0.25) is 9.69 Å². The molecule has 1 saturated heterocycles. The summed E-state index contributed by atoms with van der Waals surface area (Å²) in [6, 6.07) is 0. The number of hydrogen-bond donors (Lipinski definition) is 2. The fraction of sp³-hybridized carbons (Fsp3) is 0.867. The molecule has 0 spiro atoms. The molecule has 128 valence electrons. The van der Waals surface area contributed by atoms with Crippen molar-refractivity contribution in [1.29, 1.82) is 0 Å². The van der Waals surface area contributed by atoms with Gasteiger partial charge >= 0.3 is 12.1 Å². The summed E-state index contributed by atoms with van der Waals surface area (Å²) in [5, 5.41) is 12.2. The van der Waals surface area contributed by atoms with Crippen molar-refractivity contribution >= 4 is 12.1 Å². The number of amides is 1. The van der Waals surface area contributed by atoms with Gasteiger partial charge in [0.25, 0.3) is 0 Å². The van der Waals surface area contributed by atoms with Gasteiger partial charge in [-0.25, -0.2) is 4.79 Å². The van der Waals surface area contributed by atoms with Gasteiger partial charge in [0.15, 0.2) is 0 Å². The summed E-state index contributed by atoms with van der Waals surface area (Å²) in [6.07, 6.45) is 0.584. The van der Waals surface area contributed by atoms with Gasteiger partial charge in [-0.2, -0.15) is 0 Å². The number of ether oxygens (including phenoxy) is 1. The van der Waals surface area contributed by atoms with Crippen molar-refractivity contribution in [2.24, 2.45) is 0 Å². The van der Waals surface area contributed by atoms with Crippen LogP contribution in [0, 0.1) is 0 Å². The topological polar surface area (TPSA) is 82.1 Å². The Morgan fingerprint density at radius 2 is 1.95 bits per heavy atom. The van der Waals surface area contributed by atoms with E-state index >= 15 is 0 Å². The Morgan fingerprint density at radius 1 is 1.36 bits per heavy atom. The van der Waals surface area contributed by atoms with Crippen LogP contribution < -0.4 is 5.32 Å². The highest BCUT2D eigenvalue weighted by Gasteiger charge is 2.50. The Bertz CT molecular complexity index is 400. The fourth-order valence-corrected chi connectivity index (χ4v) is 2.62. The maximum atomic E-state index is 12.0. The van der Waals surface area contributed by atoms with Gasteiger partial charge in [-0.05, 0) is 54.4 Å². The van der Waals surface area contributed by atoms with E-state index in [4.69, 9.17) is 4.74 Å². The first-order valence-electron chi connectivity index (χ1n) is 7.65. The smallest absolute Gasteiger partial charge is 0.410 e. The maximum absolute atomic E-state index is 12.0.